The molecule has 0 unspecified atom stereocenters. The molecule has 4 heteroatoms. The van der Waals surface area contributed by atoms with Crippen molar-refractivity contribution < 1.29 is 14.6 Å². The minimum atomic E-state index is -1.01. The highest BCUT2D eigenvalue weighted by Gasteiger charge is 2.06. The molecular formula is C16H13ClO3. The van der Waals surface area contributed by atoms with Gasteiger partial charge in [-0.25, -0.2) is 4.79 Å². The van der Waals surface area contributed by atoms with Gasteiger partial charge in [0.05, 0.1) is 5.02 Å². The van der Waals surface area contributed by atoms with E-state index in [1.807, 2.05) is 31.2 Å². The van der Waals surface area contributed by atoms with Crippen LogP contribution in [0.15, 0.2) is 48.5 Å². The first-order valence-corrected chi connectivity index (χ1v) is 6.38. The van der Waals surface area contributed by atoms with Crippen molar-refractivity contribution in [2.45, 2.75) is 6.92 Å². The van der Waals surface area contributed by atoms with Gasteiger partial charge in [0, 0.05) is 11.6 Å². The highest BCUT2D eigenvalue weighted by molar-refractivity contribution is 6.32. The molecule has 0 aliphatic rings. The van der Waals surface area contributed by atoms with Crippen LogP contribution in [0.25, 0.3) is 6.08 Å². The average molecular weight is 289 g/mol. The van der Waals surface area contributed by atoms with Crippen molar-refractivity contribution in [1.29, 1.82) is 0 Å². The Kier molecular flexibility index (Phi) is 4.43. The van der Waals surface area contributed by atoms with Gasteiger partial charge >= 0.3 is 5.97 Å². The zero-order valence-electron chi connectivity index (χ0n) is 10.8. The smallest absolute Gasteiger partial charge is 0.328 e. The molecule has 2 rings (SSSR count). The van der Waals surface area contributed by atoms with Crippen molar-refractivity contribution >= 4 is 23.6 Å². The Morgan fingerprint density at radius 3 is 2.70 bits per heavy atom. The first-order chi connectivity index (χ1) is 9.56. The number of halogens is 1. The van der Waals surface area contributed by atoms with Crippen molar-refractivity contribution in [3.05, 3.63) is 64.7 Å². The van der Waals surface area contributed by atoms with Crippen LogP contribution in [0, 0.1) is 6.92 Å². The van der Waals surface area contributed by atoms with Crippen LogP contribution in [0.1, 0.15) is 11.1 Å². The zero-order valence-corrected chi connectivity index (χ0v) is 11.6. The lowest BCUT2D eigenvalue weighted by atomic mass is 10.2. The third-order valence-electron chi connectivity index (χ3n) is 2.63. The van der Waals surface area contributed by atoms with Crippen molar-refractivity contribution in [3.63, 3.8) is 0 Å². The number of hydrogen-bond acceptors (Lipinski definition) is 2. The third kappa shape index (κ3) is 3.62. The summed E-state index contributed by atoms with van der Waals surface area (Å²) in [4.78, 5) is 10.6. The Labute approximate surface area is 122 Å². The molecule has 20 heavy (non-hydrogen) atoms. The van der Waals surface area contributed by atoms with Crippen LogP contribution in [-0.4, -0.2) is 11.1 Å². The second kappa shape index (κ2) is 6.26. The first-order valence-electron chi connectivity index (χ1n) is 6.00. The number of carboxylic acids is 1. The second-order valence-corrected chi connectivity index (χ2v) is 4.65. The Morgan fingerprint density at radius 2 is 1.95 bits per heavy atom. The van der Waals surface area contributed by atoms with Crippen LogP contribution in [0.5, 0.6) is 11.5 Å². The summed E-state index contributed by atoms with van der Waals surface area (Å²) < 4.78 is 5.78. The molecule has 0 spiro atoms. The minimum absolute atomic E-state index is 0.507. The van der Waals surface area contributed by atoms with E-state index in [-0.39, 0.29) is 0 Å². The maximum atomic E-state index is 10.6. The molecule has 3 nitrogen and oxygen atoms in total. The average Bonchev–Trinajstić information content (AvgIpc) is 2.42. The van der Waals surface area contributed by atoms with E-state index in [4.69, 9.17) is 21.4 Å². The van der Waals surface area contributed by atoms with Crippen molar-refractivity contribution in [3.8, 4) is 11.5 Å². The van der Waals surface area contributed by atoms with E-state index in [0.29, 0.717) is 22.1 Å². The molecule has 2 aromatic carbocycles. The Bertz CT molecular complexity index is 663. The lowest BCUT2D eigenvalue weighted by Crippen LogP contribution is -1.90. The van der Waals surface area contributed by atoms with Crippen LogP contribution < -0.4 is 4.74 Å². The van der Waals surface area contributed by atoms with Crippen LogP contribution in [0.2, 0.25) is 5.02 Å². The monoisotopic (exact) mass is 288 g/mol. The molecule has 0 saturated heterocycles. The van der Waals surface area contributed by atoms with E-state index in [0.717, 1.165) is 11.6 Å². The van der Waals surface area contributed by atoms with Gasteiger partial charge in [0.1, 0.15) is 11.5 Å². The molecule has 0 aliphatic heterocycles. The zero-order chi connectivity index (χ0) is 14.5. The minimum Gasteiger partial charge on any atom is -0.478 e. The van der Waals surface area contributed by atoms with Gasteiger partial charge in [-0.3, -0.25) is 0 Å². The summed E-state index contributed by atoms with van der Waals surface area (Å²) in [5, 5.41) is 9.19. The standard InChI is InChI=1S/C16H13ClO3/c1-11-6-8-13(17)15(10-11)20-14-5-3-2-4-12(14)7-9-16(18)19/h2-10H,1H3,(H,18,19)/b9-7+. The molecule has 0 radical (unpaired) electrons. The first kappa shape index (κ1) is 14.2. The third-order valence-corrected chi connectivity index (χ3v) is 2.94. The van der Waals surface area contributed by atoms with Crippen molar-refractivity contribution in [2.24, 2.45) is 0 Å². The molecule has 0 atom stereocenters. The number of rotatable bonds is 4. The summed E-state index contributed by atoms with van der Waals surface area (Å²) >= 11 is 6.09. The maximum absolute atomic E-state index is 10.6. The van der Waals surface area contributed by atoms with E-state index in [2.05, 4.69) is 0 Å². The summed E-state index contributed by atoms with van der Waals surface area (Å²) in [5.74, 6) is 0.0914. The fourth-order valence-corrected chi connectivity index (χ4v) is 1.84. The lowest BCUT2D eigenvalue weighted by Gasteiger charge is -2.10. The van der Waals surface area contributed by atoms with Crippen molar-refractivity contribution in [1.82, 2.24) is 0 Å². The van der Waals surface area contributed by atoms with Gasteiger partial charge in [0.15, 0.2) is 0 Å². The van der Waals surface area contributed by atoms with Crippen LogP contribution >= 0.6 is 11.6 Å². The number of carboxylic acid groups (broad SMARTS) is 1. The van der Waals surface area contributed by atoms with Gasteiger partial charge in [-0.2, -0.15) is 0 Å². The van der Waals surface area contributed by atoms with E-state index < -0.39 is 5.97 Å². The number of ether oxygens (including phenoxy) is 1. The summed E-state index contributed by atoms with van der Waals surface area (Å²) in [7, 11) is 0. The fourth-order valence-electron chi connectivity index (χ4n) is 1.68. The SMILES string of the molecule is Cc1ccc(Cl)c(Oc2ccccc2/C=C/C(=O)O)c1. The Hall–Kier alpha value is -2.26. The second-order valence-electron chi connectivity index (χ2n) is 4.25. The number of aryl methyl sites for hydroxylation is 1. The summed E-state index contributed by atoms with van der Waals surface area (Å²) in [6, 6.07) is 12.7. The molecule has 1 N–H and O–H groups in total. The fraction of sp³-hybridized carbons (Fsp3) is 0.0625. The highest BCUT2D eigenvalue weighted by Crippen LogP contribution is 2.32. The maximum Gasteiger partial charge on any atom is 0.328 e. The van der Waals surface area contributed by atoms with Gasteiger partial charge < -0.3 is 9.84 Å². The highest BCUT2D eigenvalue weighted by atomic mass is 35.5. The largest absolute Gasteiger partial charge is 0.478 e. The summed E-state index contributed by atoms with van der Waals surface area (Å²) in [6.45, 7) is 1.94. The quantitative estimate of drug-likeness (QED) is 0.840. The molecule has 0 heterocycles. The Balaban J connectivity index is 2.34. The van der Waals surface area contributed by atoms with Gasteiger partial charge in [0.2, 0.25) is 0 Å². The van der Waals surface area contributed by atoms with Crippen LogP contribution in [0.4, 0.5) is 0 Å². The lowest BCUT2D eigenvalue weighted by molar-refractivity contribution is -0.131. The number of benzene rings is 2. The number of para-hydroxylation sites is 1. The molecule has 0 amide bonds. The van der Waals surface area contributed by atoms with Crippen LogP contribution in [-0.2, 0) is 4.79 Å². The number of aliphatic carboxylic acids is 1. The number of carbonyl (C=O) groups is 1. The predicted octanol–water partition coefficient (Wildman–Crippen LogP) is 4.54. The number of hydrogen-bond donors (Lipinski definition) is 1. The van der Waals surface area contributed by atoms with Gasteiger partial charge in [-0.1, -0.05) is 35.9 Å². The van der Waals surface area contributed by atoms with Gasteiger partial charge in [0.25, 0.3) is 0 Å². The van der Waals surface area contributed by atoms with Crippen molar-refractivity contribution in [2.75, 3.05) is 0 Å². The normalized spacial score (nSPS) is 10.7. The van der Waals surface area contributed by atoms with Crippen LogP contribution in [0.3, 0.4) is 0 Å². The van der Waals surface area contributed by atoms with E-state index in [1.54, 1.807) is 18.2 Å². The van der Waals surface area contributed by atoms with E-state index >= 15 is 0 Å². The topological polar surface area (TPSA) is 46.5 Å². The van der Waals surface area contributed by atoms with Gasteiger partial charge in [-0.05, 0) is 36.8 Å². The molecular weight excluding hydrogens is 276 g/mol. The molecule has 0 saturated carbocycles. The van der Waals surface area contributed by atoms with E-state index in [1.165, 1.54) is 6.08 Å². The molecule has 2 aromatic rings. The van der Waals surface area contributed by atoms with Gasteiger partial charge in [-0.15, -0.1) is 0 Å². The molecule has 102 valence electrons. The predicted molar refractivity (Wildman–Crippen MR) is 79.4 cm³/mol. The molecule has 0 fully saturated rings. The Morgan fingerprint density at radius 1 is 1.20 bits per heavy atom. The summed E-state index contributed by atoms with van der Waals surface area (Å²) in [5.41, 5.74) is 1.70. The molecule has 0 aliphatic carbocycles. The molecule has 0 bridgehead atoms. The summed E-state index contributed by atoms with van der Waals surface area (Å²) in [6.07, 6.45) is 2.56. The van der Waals surface area contributed by atoms with E-state index in [9.17, 15) is 4.79 Å². The molecule has 0 aromatic heterocycles.